The average molecular weight is 277 g/mol. The van der Waals surface area contributed by atoms with E-state index in [0.717, 1.165) is 6.07 Å². The molecule has 8 heteroatoms. The van der Waals surface area contributed by atoms with E-state index in [-0.39, 0.29) is 11.3 Å². The molecule has 0 aliphatic rings. The maximum absolute atomic E-state index is 12.2. The van der Waals surface area contributed by atoms with Gasteiger partial charge in [-0.25, -0.2) is 4.79 Å². The predicted octanol–water partition coefficient (Wildman–Crippen LogP) is 2.20. The van der Waals surface area contributed by atoms with Crippen LogP contribution in [0.15, 0.2) is 12.1 Å². The number of nitrogens with one attached hydrogen (secondary N) is 1. The summed E-state index contributed by atoms with van der Waals surface area (Å²) in [5.74, 6) is -3.54. The minimum atomic E-state index is -5.10. The lowest BCUT2D eigenvalue weighted by molar-refractivity contribution is -0.167. The molecule has 0 spiro atoms. The summed E-state index contributed by atoms with van der Waals surface area (Å²) in [5, 5.41) is 10.5. The summed E-state index contributed by atoms with van der Waals surface area (Å²) in [5.41, 5.74) is -0.737. The number of rotatable bonds is 3. The number of hydrogen-bond acceptors (Lipinski definition) is 3. The molecular weight excluding hydrogens is 267 g/mol. The highest BCUT2D eigenvalue weighted by Gasteiger charge is 2.39. The van der Waals surface area contributed by atoms with Gasteiger partial charge in [-0.15, -0.1) is 0 Å². The van der Waals surface area contributed by atoms with Crippen LogP contribution in [0.4, 0.5) is 18.9 Å². The molecule has 1 amide bonds. The summed E-state index contributed by atoms with van der Waals surface area (Å²) >= 11 is 0. The fourth-order valence-electron chi connectivity index (χ4n) is 1.39. The van der Waals surface area contributed by atoms with E-state index in [1.54, 1.807) is 5.32 Å². The molecule has 104 valence electrons. The maximum Gasteiger partial charge on any atom is 0.471 e. The van der Waals surface area contributed by atoms with Crippen molar-refractivity contribution in [3.8, 4) is 5.75 Å². The van der Waals surface area contributed by atoms with Gasteiger partial charge in [0.1, 0.15) is 5.75 Å². The van der Waals surface area contributed by atoms with Crippen LogP contribution in [0.5, 0.6) is 5.75 Å². The molecule has 1 rings (SSSR count). The summed E-state index contributed by atoms with van der Waals surface area (Å²) in [4.78, 5) is 21.8. The van der Waals surface area contributed by atoms with Gasteiger partial charge >= 0.3 is 18.1 Å². The molecule has 0 saturated carbocycles. The van der Waals surface area contributed by atoms with Gasteiger partial charge < -0.3 is 15.2 Å². The molecule has 2 N–H and O–H groups in total. The number of carbonyl (C=O) groups excluding carboxylic acids is 1. The number of carbonyl (C=O) groups is 2. The minimum Gasteiger partial charge on any atom is -0.497 e. The number of methoxy groups -OCH3 is 1. The van der Waals surface area contributed by atoms with Gasteiger partial charge in [-0.3, -0.25) is 4.79 Å². The Balaban J connectivity index is 3.27. The van der Waals surface area contributed by atoms with Crippen LogP contribution < -0.4 is 10.1 Å². The predicted molar refractivity (Wildman–Crippen MR) is 59.4 cm³/mol. The molecular formula is C11H10F3NO4. The number of halogens is 3. The van der Waals surface area contributed by atoms with Gasteiger partial charge in [0.2, 0.25) is 0 Å². The largest absolute Gasteiger partial charge is 0.497 e. The van der Waals surface area contributed by atoms with E-state index in [9.17, 15) is 22.8 Å². The molecule has 0 aliphatic heterocycles. The number of carboxylic acid groups (broad SMARTS) is 1. The lowest BCUT2D eigenvalue weighted by Crippen LogP contribution is -2.31. The van der Waals surface area contributed by atoms with Crippen molar-refractivity contribution < 1.29 is 32.6 Å². The second kappa shape index (κ2) is 5.17. The number of benzene rings is 1. The van der Waals surface area contributed by atoms with Crippen molar-refractivity contribution in [2.45, 2.75) is 13.1 Å². The quantitative estimate of drug-likeness (QED) is 0.888. The Bertz CT molecular complexity index is 525. The van der Waals surface area contributed by atoms with Crippen molar-refractivity contribution in [3.05, 3.63) is 23.3 Å². The third-order valence-electron chi connectivity index (χ3n) is 2.27. The summed E-state index contributed by atoms with van der Waals surface area (Å²) < 4.78 is 41.3. The van der Waals surface area contributed by atoms with Crippen molar-refractivity contribution in [2.75, 3.05) is 12.4 Å². The van der Waals surface area contributed by atoms with E-state index in [1.807, 2.05) is 0 Å². The topological polar surface area (TPSA) is 75.6 Å². The molecule has 0 bridgehead atoms. The van der Waals surface area contributed by atoms with Gasteiger partial charge in [0, 0.05) is 0 Å². The van der Waals surface area contributed by atoms with Crippen LogP contribution in [0.1, 0.15) is 15.9 Å². The van der Waals surface area contributed by atoms with Crippen molar-refractivity contribution in [1.82, 2.24) is 0 Å². The van der Waals surface area contributed by atoms with E-state index >= 15 is 0 Å². The van der Waals surface area contributed by atoms with Crippen LogP contribution in [-0.4, -0.2) is 30.3 Å². The monoisotopic (exact) mass is 277 g/mol. The van der Waals surface area contributed by atoms with Crippen molar-refractivity contribution in [3.63, 3.8) is 0 Å². The molecule has 0 atom stereocenters. The Morgan fingerprint density at radius 3 is 2.32 bits per heavy atom. The fourth-order valence-corrected chi connectivity index (χ4v) is 1.39. The Morgan fingerprint density at radius 2 is 1.89 bits per heavy atom. The second-order valence-electron chi connectivity index (χ2n) is 3.62. The Kier molecular flexibility index (Phi) is 4.03. The summed E-state index contributed by atoms with van der Waals surface area (Å²) in [6.07, 6.45) is -5.10. The van der Waals surface area contributed by atoms with Crippen LogP contribution in [0.2, 0.25) is 0 Å². The van der Waals surface area contributed by atoms with Crippen LogP contribution in [0.3, 0.4) is 0 Å². The molecule has 1 aromatic carbocycles. The number of carboxylic acids is 1. The molecule has 0 unspecified atom stereocenters. The fraction of sp³-hybridized carbons (Fsp3) is 0.273. The molecule has 0 heterocycles. The van der Waals surface area contributed by atoms with Crippen molar-refractivity contribution in [1.29, 1.82) is 0 Å². The summed E-state index contributed by atoms with van der Waals surface area (Å²) in [6.45, 7) is 1.36. The molecule has 5 nitrogen and oxygen atoms in total. The molecule has 19 heavy (non-hydrogen) atoms. The molecule has 0 saturated heterocycles. The van der Waals surface area contributed by atoms with Gasteiger partial charge in [-0.2, -0.15) is 13.2 Å². The number of alkyl halides is 3. The first-order chi connectivity index (χ1) is 8.66. The highest BCUT2D eigenvalue weighted by Crippen LogP contribution is 2.28. The molecule has 0 aromatic heterocycles. The van der Waals surface area contributed by atoms with E-state index in [2.05, 4.69) is 0 Å². The number of anilines is 1. The van der Waals surface area contributed by atoms with Gasteiger partial charge in [0.15, 0.2) is 0 Å². The third kappa shape index (κ3) is 3.36. The first-order valence-corrected chi connectivity index (χ1v) is 4.97. The highest BCUT2D eigenvalue weighted by molar-refractivity contribution is 6.03. The molecule has 1 aromatic rings. The number of hydrogen-bond donors (Lipinski definition) is 2. The first kappa shape index (κ1) is 14.8. The SMILES string of the molecule is COc1cc(C)c(NC(=O)C(F)(F)F)c(C(=O)O)c1. The Labute approximate surface area is 106 Å². The maximum atomic E-state index is 12.2. The van der Waals surface area contributed by atoms with Crippen LogP contribution >= 0.6 is 0 Å². The van der Waals surface area contributed by atoms with E-state index < -0.39 is 29.3 Å². The Morgan fingerprint density at radius 1 is 1.32 bits per heavy atom. The number of aryl methyl sites for hydroxylation is 1. The summed E-state index contributed by atoms with van der Waals surface area (Å²) in [7, 11) is 1.29. The van der Waals surface area contributed by atoms with Crippen LogP contribution in [-0.2, 0) is 4.79 Å². The number of ether oxygens (including phenoxy) is 1. The average Bonchev–Trinajstić information content (AvgIpc) is 2.29. The van der Waals surface area contributed by atoms with Crippen LogP contribution in [0.25, 0.3) is 0 Å². The zero-order valence-corrected chi connectivity index (χ0v) is 9.96. The second-order valence-corrected chi connectivity index (χ2v) is 3.62. The lowest BCUT2D eigenvalue weighted by atomic mass is 10.1. The third-order valence-corrected chi connectivity index (χ3v) is 2.27. The van der Waals surface area contributed by atoms with Gasteiger partial charge in [-0.05, 0) is 24.6 Å². The Hall–Kier alpha value is -2.25. The van der Waals surface area contributed by atoms with Crippen molar-refractivity contribution in [2.24, 2.45) is 0 Å². The first-order valence-electron chi connectivity index (χ1n) is 4.97. The van der Waals surface area contributed by atoms with E-state index in [0.29, 0.717) is 0 Å². The molecule has 0 radical (unpaired) electrons. The lowest BCUT2D eigenvalue weighted by Gasteiger charge is -2.14. The van der Waals surface area contributed by atoms with E-state index in [1.165, 1.54) is 20.1 Å². The van der Waals surface area contributed by atoms with E-state index in [4.69, 9.17) is 9.84 Å². The molecule has 0 aliphatic carbocycles. The van der Waals surface area contributed by atoms with Gasteiger partial charge in [0.05, 0.1) is 18.4 Å². The smallest absolute Gasteiger partial charge is 0.471 e. The molecule has 0 fully saturated rings. The number of amides is 1. The van der Waals surface area contributed by atoms with Crippen LogP contribution in [0, 0.1) is 6.92 Å². The summed E-state index contributed by atoms with van der Waals surface area (Å²) in [6, 6.07) is 2.35. The highest BCUT2D eigenvalue weighted by atomic mass is 19.4. The minimum absolute atomic E-state index is 0.148. The normalized spacial score (nSPS) is 11.0. The number of aromatic carboxylic acids is 1. The van der Waals surface area contributed by atoms with Gasteiger partial charge in [0.25, 0.3) is 0 Å². The zero-order chi connectivity index (χ0) is 14.8. The zero-order valence-electron chi connectivity index (χ0n) is 9.96. The van der Waals surface area contributed by atoms with Crippen molar-refractivity contribution >= 4 is 17.6 Å². The van der Waals surface area contributed by atoms with Gasteiger partial charge in [-0.1, -0.05) is 0 Å². The standard InChI is InChI=1S/C11H10F3NO4/c1-5-3-6(19-2)4-7(9(16)17)8(5)15-10(18)11(12,13)14/h3-4H,1-2H3,(H,15,18)(H,16,17).